The van der Waals surface area contributed by atoms with Crippen molar-refractivity contribution in [1.29, 1.82) is 5.41 Å². The average Bonchev–Trinajstić information content (AvgIpc) is 2.34. The number of nitrogens with one attached hydrogen (secondary N) is 1. The molecule has 92 valence electrons. The minimum absolute atomic E-state index is 0.0627. The van der Waals surface area contributed by atoms with Gasteiger partial charge in [0.15, 0.2) is 0 Å². The van der Waals surface area contributed by atoms with Gasteiger partial charge in [0, 0.05) is 20.0 Å². The fourth-order valence-electron chi connectivity index (χ4n) is 1.21. The highest BCUT2D eigenvalue weighted by molar-refractivity contribution is 5.77. The number of hydrogen-bond acceptors (Lipinski definition) is 3. The second-order valence-electron chi connectivity index (χ2n) is 3.74. The number of amidine groups is 1. The molecule has 1 aromatic carbocycles. The summed E-state index contributed by atoms with van der Waals surface area (Å²) in [5.41, 5.74) is 6.16. The minimum Gasteiger partial charge on any atom is -0.445 e. The van der Waals surface area contributed by atoms with Crippen LogP contribution in [0.15, 0.2) is 30.3 Å². The molecule has 0 heterocycles. The van der Waals surface area contributed by atoms with Crippen molar-refractivity contribution >= 4 is 11.9 Å². The molecule has 3 N–H and O–H groups in total. The maximum atomic E-state index is 11.5. The smallest absolute Gasteiger partial charge is 0.409 e. The molecule has 0 saturated heterocycles. The normalized spacial score (nSPS) is 9.71. The number of carbonyl (C=O) groups excluding carboxylic acids is 1. The Balaban J connectivity index is 2.32. The highest BCUT2D eigenvalue weighted by Crippen LogP contribution is 2.02. The van der Waals surface area contributed by atoms with Gasteiger partial charge in [0.2, 0.25) is 0 Å². The molecular formula is C12H17N3O2. The molecule has 0 aliphatic heterocycles. The van der Waals surface area contributed by atoms with E-state index in [0.29, 0.717) is 13.0 Å². The van der Waals surface area contributed by atoms with E-state index < -0.39 is 6.09 Å². The Kier molecular flexibility index (Phi) is 5.00. The number of nitrogens with zero attached hydrogens (tertiary/aromatic N) is 1. The lowest BCUT2D eigenvalue weighted by molar-refractivity contribution is 0.105. The van der Waals surface area contributed by atoms with Crippen molar-refractivity contribution in [3.05, 3.63) is 35.9 Å². The Morgan fingerprint density at radius 1 is 1.41 bits per heavy atom. The first-order chi connectivity index (χ1) is 8.09. The molecule has 1 aromatic rings. The number of rotatable bonds is 5. The Morgan fingerprint density at radius 2 is 2.06 bits per heavy atom. The third kappa shape index (κ3) is 5.01. The van der Waals surface area contributed by atoms with Gasteiger partial charge in [-0.1, -0.05) is 30.3 Å². The SMILES string of the molecule is CN(CCC(=N)N)C(=O)OCc1ccccc1. The quantitative estimate of drug-likeness (QED) is 0.600. The topological polar surface area (TPSA) is 79.4 Å². The maximum absolute atomic E-state index is 11.5. The summed E-state index contributed by atoms with van der Waals surface area (Å²) in [7, 11) is 1.62. The predicted molar refractivity (Wildman–Crippen MR) is 65.8 cm³/mol. The van der Waals surface area contributed by atoms with Crippen molar-refractivity contribution in [2.24, 2.45) is 5.73 Å². The van der Waals surface area contributed by atoms with Crippen LogP contribution in [0.25, 0.3) is 0 Å². The first-order valence-corrected chi connectivity index (χ1v) is 5.34. The molecule has 5 nitrogen and oxygen atoms in total. The van der Waals surface area contributed by atoms with Crippen LogP contribution in [0.3, 0.4) is 0 Å². The first kappa shape index (κ1) is 13.0. The Morgan fingerprint density at radius 3 is 2.65 bits per heavy atom. The average molecular weight is 235 g/mol. The van der Waals surface area contributed by atoms with E-state index in [4.69, 9.17) is 15.9 Å². The molecule has 0 radical (unpaired) electrons. The van der Waals surface area contributed by atoms with E-state index in [1.807, 2.05) is 30.3 Å². The molecular weight excluding hydrogens is 218 g/mol. The molecule has 0 aliphatic rings. The van der Waals surface area contributed by atoms with Crippen LogP contribution in [0, 0.1) is 5.41 Å². The van der Waals surface area contributed by atoms with Crippen LogP contribution in [0.2, 0.25) is 0 Å². The number of amides is 1. The third-order valence-corrected chi connectivity index (χ3v) is 2.23. The Bertz CT molecular complexity index is 379. The molecule has 0 aromatic heterocycles. The zero-order valence-corrected chi connectivity index (χ0v) is 9.85. The number of hydrogen-bond donors (Lipinski definition) is 2. The van der Waals surface area contributed by atoms with Gasteiger partial charge in [-0.3, -0.25) is 5.41 Å². The van der Waals surface area contributed by atoms with E-state index >= 15 is 0 Å². The second-order valence-corrected chi connectivity index (χ2v) is 3.74. The molecule has 1 amide bonds. The van der Waals surface area contributed by atoms with Gasteiger partial charge in [0.05, 0.1) is 5.84 Å². The second kappa shape index (κ2) is 6.52. The van der Waals surface area contributed by atoms with Crippen LogP contribution in [0.4, 0.5) is 4.79 Å². The van der Waals surface area contributed by atoms with Gasteiger partial charge in [-0.2, -0.15) is 0 Å². The standard InChI is InChI=1S/C12H17N3O2/c1-15(8-7-11(13)14)12(16)17-9-10-5-3-2-4-6-10/h2-6H,7-9H2,1H3,(H3,13,14). The lowest BCUT2D eigenvalue weighted by atomic mass is 10.2. The highest BCUT2D eigenvalue weighted by Gasteiger charge is 2.09. The fraction of sp³-hybridized carbons (Fsp3) is 0.333. The van der Waals surface area contributed by atoms with Gasteiger partial charge in [-0.15, -0.1) is 0 Å². The maximum Gasteiger partial charge on any atom is 0.409 e. The predicted octanol–water partition coefficient (Wildman–Crippen LogP) is 1.58. The summed E-state index contributed by atoms with van der Waals surface area (Å²) in [6.45, 7) is 0.646. The third-order valence-electron chi connectivity index (χ3n) is 2.23. The summed E-state index contributed by atoms with van der Waals surface area (Å²) in [4.78, 5) is 12.9. The number of carbonyl (C=O) groups is 1. The molecule has 5 heteroatoms. The van der Waals surface area contributed by atoms with Crippen LogP contribution in [-0.2, 0) is 11.3 Å². The van der Waals surface area contributed by atoms with Gasteiger partial charge < -0.3 is 15.4 Å². The molecule has 17 heavy (non-hydrogen) atoms. The molecule has 0 atom stereocenters. The van der Waals surface area contributed by atoms with Crippen molar-refractivity contribution < 1.29 is 9.53 Å². The Hall–Kier alpha value is -2.04. The summed E-state index contributed by atoms with van der Waals surface area (Å²) in [5, 5.41) is 7.06. The van der Waals surface area contributed by atoms with Crippen LogP contribution in [0.1, 0.15) is 12.0 Å². The summed E-state index contributed by atoms with van der Waals surface area (Å²) in [5.74, 6) is 0.0627. The van der Waals surface area contributed by atoms with E-state index in [2.05, 4.69) is 0 Å². The lowest BCUT2D eigenvalue weighted by Gasteiger charge is -2.16. The van der Waals surface area contributed by atoms with E-state index in [1.165, 1.54) is 4.90 Å². The van der Waals surface area contributed by atoms with E-state index in [-0.39, 0.29) is 12.4 Å². The molecule has 0 saturated carbocycles. The van der Waals surface area contributed by atoms with Crippen LogP contribution in [-0.4, -0.2) is 30.4 Å². The number of ether oxygens (including phenoxy) is 1. The van der Waals surface area contributed by atoms with Crippen LogP contribution in [0.5, 0.6) is 0 Å². The summed E-state index contributed by atoms with van der Waals surface area (Å²) in [6, 6.07) is 9.47. The van der Waals surface area contributed by atoms with E-state index in [1.54, 1.807) is 7.05 Å². The monoisotopic (exact) mass is 235 g/mol. The van der Waals surface area contributed by atoms with Gasteiger partial charge in [-0.05, 0) is 5.56 Å². The lowest BCUT2D eigenvalue weighted by Crippen LogP contribution is -2.30. The fourth-order valence-corrected chi connectivity index (χ4v) is 1.21. The van der Waals surface area contributed by atoms with E-state index in [0.717, 1.165) is 5.56 Å². The van der Waals surface area contributed by atoms with Gasteiger partial charge in [0.1, 0.15) is 6.61 Å². The molecule has 0 aliphatic carbocycles. The molecule has 0 spiro atoms. The van der Waals surface area contributed by atoms with Crippen LogP contribution >= 0.6 is 0 Å². The Labute approximate surface area is 101 Å². The van der Waals surface area contributed by atoms with Crippen molar-refractivity contribution in [3.63, 3.8) is 0 Å². The number of benzene rings is 1. The van der Waals surface area contributed by atoms with Crippen molar-refractivity contribution in [3.8, 4) is 0 Å². The summed E-state index contributed by atoms with van der Waals surface area (Å²) >= 11 is 0. The zero-order chi connectivity index (χ0) is 12.7. The highest BCUT2D eigenvalue weighted by atomic mass is 16.6. The van der Waals surface area contributed by atoms with Crippen molar-refractivity contribution in [2.75, 3.05) is 13.6 Å². The zero-order valence-electron chi connectivity index (χ0n) is 9.85. The molecule has 1 rings (SSSR count). The molecule has 0 bridgehead atoms. The van der Waals surface area contributed by atoms with Crippen molar-refractivity contribution in [1.82, 2.24) is 4.90 Å². The van der Waals surface area contributed by atoms with E-state index in [9.17, 15) is 4.79 Å². The van der Waals surface area contributed by atoms with Crippen molar-refractivity contribution in [2.45, 2.75) is 13.0 Å². The summed E-state index contributed by atoms with van der Waals surface area (Å²) in [6.07, 6.45) is -0.0492. The summed E-state index contributed by atoms with van der Waals surface area (Å²) < 4.78 is 5.10. The largest absolute Gasteiger partial charge is 0.445 e. The van der Waals surface area contributed by atoms with Gasteiger partial charge in [-0.25, -0.2) is 4.79 Å². The molecule has 0 fully saturated rings. The van der Waals surface area contributed by atoms with Gasteiger partial charge in [0.25, 0.3) is 0 Å². The minimum atomic E-state index is -0.407. The molecule has 0 unspecified atom stereocenters. The first-order valence-electron chi connectivity index (χ1n) is 5.34. The van der Waals surface area contributed by atoms with Crippen LogP contribution < -0.4 is 5.73 Å². The van der Waals surface area contributed by atoms with Gasteiger partial charge >= 0.3 is 6.09 Å². The number of nitrogens with two attached hydrogens (primary N) is 1.